The first-order chi connectivity index (χ1) is 7.93. The van der Waals surface area contributed by atoms with E-state index in [4.69, 9.17) is 0 Å². The Morgan fingerprint density at radius 1 is 1.41 bits per heavy atom. The molecule has 0 unspecified atom stereocenters. The summed E-state index contributed by atoms with van der Waals surface area (Å²) in [6.07, 6.45) is 0. The van der Waals surface area contributed by atoms with Crippen LogP contribution in [0.15, 0.2) is 10.9 Å². The first-order valence-corrected chi connectivity index (χ1v) is 5.65. The minimum atomic E-state index is -0.966. The van der Waals surface area contributed by atoms with E-state index in [9.17, 15) is 14.7 Å². The van der Waals surface area contributed by atoms with Gasteiger partial charge in [-0.15, -0.1) is 0 Å². The maximum absolute atomic E-state index is 11.9. The highest BCUT2D eigenvalue weighted by Gasteiger charge is 2.28. The molecule has 1 aliphatic rings. The van der Waals surface area contributed by atoms with Crippen molar-refractivity contribution in [3.05, 3.63) is 27.5 Å². The Balaban J connectivity index is 2.82. The summed E-state index contributed by atoms with van der Waals surface area (Å²) in [6, 6.07) is 1.46. The summed E-state index contributed by atoms with van der Waals surface area (Å²) in [6.45, 7) is 5.03. The molecule has 0 fully saturated rings. The summed E-state index contributed by atoms with van der Waals surface area (Å²) in [5.74, 6) is -0.409. The van der Waals surface area contributed by atoms with Crippen LogP contribution < -0.4 is 10.5 Å². The van der Waals surface area contributed by atoms with Gasteiger partial charge in [-0.2, -0.15) is 0 Å². The van der Waals surface area contributed by atoms with Crippen LogP contribution in [-0.4, -0.2) is 29.2 Å². The summed E-state index contributed by atoms with van der Waals surface area (Å²) >= 11 is 0. The molecule has 0 spiro atoms. The second-order valence-corrected chi connectivity index (χ2v) is 4.67. The third-order valence-electron chi connectivity index (χ3n) is 3.17. The number of rotatable bonds is 2. The molecular weight excluding hydrogens is 220 g/mol. The molecule has 0 aromatic carbocycles. The lowest BCUT2D eigenvalue weighted by Gasteiger charge is -2.18. The highest BCUT2D eigenvalue weighted by atomic mass is 16.4. The van der Waals surface area contributed by atoms with Gasteiger partial charge >= 0.3 is 5.97 Å². The van der Waals surface area contributed by atoms with Gasteiger partial charge in [0.1, 0.15) is 11.4 Å². The number of likely N-dealkylation sites (N-methyl/N-ethyl adjacent to an activating group) is 1. The molecule has 0 saturated carbocycles. The van der Waals surface area contributed by atoms with Crippen molar-refractivity contribution in [3.8, 4) is 0 Å². The summed E-state index contributed by atoms with van der Waals surface area (Å²) in [4.78, 5) is 25.1. The third-order valence-corrected chi connectivity index (χ3v) is 3.17. The molecule has 0 bridgehead atoms. The number of carboxylic acids is 1. The van der Waals surface area contributed by atoms with Gasteiger partial charge in [0.05, 0.1) is 0 Å². The minimum absolute atomic E-state index is 0.0219. The highest BCUT2D eigenvalue weighted by Crippen LogP contribution is 2.29. The number of hydrogen-bond acceptors (Lipinski definition) is 3. The molecule has 2 rings (SSSR count). The van der Waals surface area contributed by atoms with Crippen molar-refractivity contribution >= 4 is 11.8 Å². The summed E-state index contributed by atoms with van der Waals surface area (Å²) < 4.78 is 1.54. The molecule has 5 nitrogen and oxygen atoms in total. The van der Waals surface area contributed by atoms with E-state index >= 15 is 0 Å². The van der Waals surface area contributed by atoms with Crippen molar-refractivity contribution in [2.75, 3.05) is 18.5 Å². The van der Waals surface area contributed by atoms with Gasteiger partial charge in [0.2, 0.25) is 0 Å². The molecule has 92 valence electrons. The molecule has 0 amide bonds. The third kappa shape index (κ3) is 1.71. The van der Waals surface area contributed by atoms with E-state index < -0.39 is 5.97 Å². The van der Waals surface area contributed by atoms with Gasteiger partial charge in [-0.1, -0.05) is 13.8 Å². The lowest BCUT2D eigenvalue weighted by atomic mass is 9.98. The van der Waals surface area contributed by atoms with Crippen LogP contribution in [0.1, 0.15) is 35.7 Å². The number of aromatic nitrogens is 1. The molecule has 1 aromatic rings. The van der Waals surface area contributed by atoms with Crippen molar-refractivity contribution in [1.29, 1.82) is 0 Å². The largest absolute Gasteiger partial charge is 0.478 e. The zero-order valence-corrected chi connectivity index (χ0v) is 10.2. The van der Waals surface area contributed by atoms with Crippen molar-refractivity contribution < 1.29 is 9.90 Å². The Morgan fingerprint density at radius 3 is 2.59 bits per heavy atom. The number of carbonyl (C=O) groups is 1. The standard InChI is InChI=1S/C12H16N2O3/c1-7(2)8-6-9(15)14-5-4-13(3)11(14)10(8)12(16)17/h6-7H,4-5H2,1-3H3,(H,16,17). The van der Waals surface area contributed by atoms with Gasteiger partial charge in [-0.25, -0.2) is 4.79 Å². The molecule has 0 radical (unpaired) electrons. The van der Waals surface area contributed by atoms with Gasteiger partial charge in [0.25, 0.3) is 5.56 Å². The van der Waals surface area contributed by atoms with Crippen molar-refractivity contribution in [3.63, 3.8) is 0 Å². The van der Waals surface area contributed by atoms with Gasteiger partial charge < -0.3 is 10.0 Å². The van der Waals surface area contributed by atoms with Crippen LogP contribution in [-0.2, 0) is 6.54 Å². The fourth-order valence-corrected chi connectivity index (χ4v) is 2.29. The molecule has 0 saturated heterocycles. The lowest BCUT2D eigenvalue weighted by molar-refractivity contribution is 0.0695. The Bertz CT molecular complexity index is 531. The first kappa shape index (κ1) is 11.7. The van der Waals surface area contributed by atoms with Gasteiger partial charge in [0, 0.05) is 26.2 Å². The lowest BCUT2D eigenvalue weighted by Crippen LogP contribution is -2.24. The fourth-order valence-electron chi connectivity index (χ4n) is 2.29. The summed E-state index contributed by atoms with van der Waals surface area (Å²) in [5.41, 5.74) is 0.764. The normalized spacial score (nSPS) is 14.2. The molecule has 0 atom stereocenters. The Kier molecular flexibility index (Phi) is 2.69. The van der Waals surface area contributed by atoms with Crippen LogP contribution in [0.3, 0.4) is 0 Å². The number of fused-ring (bicyclic) bond motifs is 1. The Hall–Kier alpha value is -1.78. The van der Waals surface area contributed by atoms with E-state index in [2.05, 4.69) is 0 Å². The van der Waals surface area contributed by atoms with Crippen LogP contribution >= 0.6 is 0 Å². The fraction of sp³-hybridized carbons (Fsp3) is 0.500. The van der Waals surface area contributed by atoms with E-state index in [-0.39, 0.29) is 17.0 Å². The smallest absolute Gasteiger partial charge is 0.339 e. The minimum Gasteiger partial charge on any atom is -0.478 e. The second-order valence-electron chi connectivity index (χ2n) is 4.67. The number of aromatic carboxylic acids is 1. The topological polar surface area (TPSA) is 62.5 Å². The maximum Gasteiger partial charge on any atom is 0.339 e. The summed E-state index contributed by atoms with van der Waals surface area (Å²) in [7, 11) is 1.81. The molecule has 1 aliphatic heterocycles. The SMILES string of the molecule is CC(C)c1cc(=O)n2c(c1C(=O)O)N(C)CC2. The van der Waals surface area contributed by atoms with Gasteiger partial charge in [0.15, 0.2) is 0 Å². The van der Waals surface area contributed by atoms with Gasteiger partial charge in [-0.05, 0) is 11.5 Å². The van der Waals surface area contributed by atoms with E-state index in [1.165, 1.54) is 10.6 Å². The number of anilines is 1. The Morgan fingerprint density at radius 2 is 2.06 bits per heavy atom. The average molecular weight is 236 g/mol. The van der Waals surface area contributed by atoms with Crippen LogP contribution in [0, 0.1) is 0 Å². The molecule has 1 N–H and O–H groups in total. The molecule has 1 aromatic heterocycles. The van der Waals surface area contributed by atoms with Crippen LogP contribution in [0.25, 0.3) is 0 Å². The first-order valence-electron chi connectivity index (χ1n) is 5.65. The van der Waals surface area contributed by atoms with E-state index in [0.29, 0.717) is 24.5 Å². The Labute approximate surface area is 99.3 Å². The number of nitrogens with zero attached hydrogens (tertiary/aromatic N) is 2. The van der Waals surface area contributed by atoms with Crippen LogP contribution in [0.4, 0.5) is 5.82 Å². The molecular formula is C12H16N2O3. The highest BCUT2D eigenvalue weighted by molar-refractivity contribution is 5.95. The number of pyridine rings is 1. The predicted octanol–water partition coefficient (Wildman–Crippen LogP) is 1.12. The number of hydrogen-bond donors (Lipinski definition) is 1. The van der Waals surface area contributed by atoms with E-state index in [0.717, 1.165) is 0 Å². The van der Waals surface area contributed by atoms with Crippen LogP contribution in [0.2, 0.25) is 0 Å². The molecule has 0 aliphatic carbocycles. The van der Waals surface area contributed by atoms with E-state index in [1.807, 2.05) is 25.8 Å². The van der Waals surface area contributed by atoms with E-state index in [1.54, 1.807) is 0 Å². The zero-order chi connectivity index (χ0) is 12.7. The second kappa shape index (κ2) is 3.91. The maximum atomic E-state index is 11.9. The van der Waals surface area contributed by atoms with Crippen molar-refractivity contribution in [2.45, 2.75) is 26.3 Å². The van der Waals surface area contributed by atoms with Crippen molar-refractivity contribution in [1.82, 2.24) is 4.57 Å². The predicted molar refractivity (Wildman–Crippen MR) is 65.0 cm³/mol. The molecule has 2 heterocycles. The van der Waals surface area contributed by atoms with Gasteiger partial charge in [-0.3, -0.25) is 9.36 Å². The monoisotopic (exact) mass is 236 g/mol. The van der Waals surface area contributed by atoms with Crippen LogP contribution in [0.5, 0.6) is 0 Å². The quantitative estimate of drug-likeness (QED) is 0.835. The molecule has 17 heavy (non-hydrogen) atoms. The molecule has 5 heteroatoms. The average Bonchev–Trinajstić information content (AvgIpc) is 2.60. The number of carboxylic acid groups (broad SMARTS) is 1. The summed E-state index contributed by atoms with van der Waals surface area (Å²) in [5, 5.41) is 9.35. The zero-order valence-electron chi connectivity index (χ0n) is 10.2. The van der Waals surface area contributed by atoms with Crippen molar-refractivity contribution in [2.24, 2.45) is 0 Å².